The number of nitrogens with two attached hydrogens (primary N) is 2. The Labute approximate surface area is 497 Å². The molecule has 17 nitrogen and oxygen atoms in total. The van der Waals surface area contributed by atoms with E-state index in [1.54, 1.807) is 45.0 Å². The topological polar surface area (TPSA) is 239 Å². The number of benzene rings is 3. The summed E-state index contributed by atoms with van der Waals surface area (Å²) in [4.78, 5) is 62.0. The van der Waals surface area contributed by atoms with Gasteiger partial charge in [0.1, 0.15) is 50.9 Å². The van der Waals surface area contributed by atoms with E-state index in [1.165, 1.54) is 53.5 Å². The van der Waals surface area contributed by atoms with Gasteiger partial charge in [0.2, 0.25) is 0 Å². The van der Waals surface area contributed by atoms with Gasteiger partial charge in [-0.1, -0.05) is 20.8 Å². The summed E-state index contributed by atoms with van der Waals surface area (Å²) >= 11 is 4.50. The third kappa shape index (κ3) is 15.4. The van der Waals surface area contributed by atoms with E-state index in [-0.39, 0.29) is 110 Å². The molecule has 4 N–H and O–H groups in total. The summed E-state index contributed by atoms with van der Waals surface area (Å²) in [5.74, 6) is -0.387. The van der Waals surface area contributed by atoms with E-state index >= 15 is 0 Å². The molecule has 6 aliphatic rings. The first-order valence-corrected chi connectivity index (χ1v) is 31.0. The normalized spacial score (nSPS) is 27.4. The van der Waals surface area contributed by atoms with Crippen LogP contribution in [-0.2, 0) is 59.4 Å². The quantitative estimate of drug-likeness (QED) is 0.0532. The van der Waals surface area contributed by atoms with Crippen LogP contribution < -0.4 is 11.5 Å². The number of non-ortho nitro benzene ring substituents is 1. The predicted octanol–water partition coefficient (Wildman–Crippen LogP) is 12.0. The summed E-state index contributed by atoms with van der Waals surface area (Å²) in [6.07, 6.45) is 2.39. The molecule has 83 heavy (non-hydrogen) atoms. The molecule has 0 radical (unpaired) electrons. The fourth-order valence-electron chi connectivity index (χ4n) is 11.4. The highest BCUT2D eigenvalue weighted by molar-refractivity contribution is 8.14. The van der Waals surface area contributed by atoms with Crippen LogP contribution in [0.3, 0.4) is 0 Å². The first kappa shape index (κ1) is 65.3. The van der Waals surface area contributed by atoms with Gasteiger partial charge in [0, 0.05) is 75.2 Å². The molecule has 454 valence electrons. The number of nitrogen functional groups attached to an aromatic ring is 2. The van der Waals surface area contributed by atoms with Crippen molar-refractivity contribution in [1.82, 2.24) is 0 Å². The lowest BCUT2D eigenvalue weighted by atomic mass is 9.78. The minimum absolute atomic E-state index is 0.00478. The van der Waals surface area contributed by atoms with E-state index in [0.29, 0.717) is 54.9 Å². The monoisotopic (exact) mass is 1210 g/mol. The second-order valence-electron chi connectivity index (χ2n) is 24.5. The minimum Gasteiger partial charge on any atom is -0.460 e. The first-order valence-electron chi connectivity index (χ1n) is 28.0. The molecular formula is C60H79F3N6O11S3. The van der Waals surface area contributed by atoms with Gasteiger partial charge in [-0.05, 0) is 124 Å². The molecule has 0 amide bonds. The van der Waals surface area contributed by atoms with Gasteiger partial charge in [-0.3, -0.25) is 39.5 Å². The smallest absolute Gasteiger partial charge is 0.312 e. The molecule has 6 heterocycles. The molecule has 0 aliphatic carbocycles. The molecule has 9 rings (SSSR count). The van der Waals surface area contributed by atoms with Crippen molar-refractivity contribution >= 4 is 85.4 Å². The molecule has 0 aromatic heterocycles. The van der Waals surface area contributed by atoms with E-state index in [0.717, 1.165) is 31.4 Å². The maximum Gasteiger partial charge on any atom is 0.312 e. The first-order chi connectivity index (χ1) is 38.8. The number of anilines is 2. The molecule has 3 fully saturated rings. The zero-order valence-electron chi connectivity index (χ0n) is 49.4. The van der Waals surface area contributed by atoms with Crippen LogP contribution in [0.4, 0.5) is 30.2 Å². The fraction of sp³-hybridized carbons (Fsp3) is 0.600. The van der Waals surface area contributed by atoms with Crippen molar-refractivity contribution < 1.29 is 60.9 Å². The largest absolute Gasteiger partial charge is 0.460 e. The molecule has 3 aromatic carbocycles. The number of fused-ring (bicyclic) bond motifs is 3. The lowest BCUT2D eigenvalue weighted by Gasteiger charge is -2.37. The van der Waals surface area contributed by atoms with Crippen molar-refractivity contribution in [3.8, 4) is 0 Å². The molecule has 0 spiro atoms. The molecule has 23 heteroatoms. The van der Waals surface area contributed by atoms with Gasteiger partial charge in [-0.15, -0.1) is 35.3 Å². The van der Waals surface area contributed by atoms with Crippen molar-refractivity contribution in [2.24, 2.45) is 32.7 Å². The van der Waals surface area contributed by atoms with Crippen LogP contribution in [-0.4, -0.2) is 110 Å². The molecule has 9 atom stereocenters. The maximum absolute atomic E-state index is 14.8. The van der Waals surface area contributed by atoms with Crippen LogP contribution in [0.2, 0.25) is 0 Å². The van der Waals surface area contributed by atoms with Gasteiger partial charge in [0.25, 0.3) is 5.69 Å². The Morgan fingerprint density at radius 3 is 1.12 bits per heavy atom. The SMILES string of the molecule is CC[C@H]1OC[C@]2(c3cc(N)ccc3F)N=C(CC(=O)OC(C)(C)C)SC[C@H]12.CC[C@H]1OC[C@]2(c3cc(N)ccc3F)N=C(CC(=O)OC(C)(C)C)SC[C@H]12.CC[C@H]1OC[C@]2(c3cc([N+](=O)[O-])ccc3F)N=C(CC(=O)OC(C)(C)C)SC[C@H]12. The van der Waals surface area contributed by atoms with E-state index in [9.17, 15) is 37.7 Å². The summed E-state index contributed by atoms with van der Waals surface area (Å²) in [6.45, 7) is 23.1. The van der Waals surface area contributed by atoms with Crippen molar-refractivity contribution in [3.05, 3.63) is 98.9 Å². The Morgan fingerprint density at radius 2 is 0.843 bits per heavy atom. The molecular weight excluding hydrogens is 1130 g/mol. The summed E-state index contributed by atoms with van der Waals surface area (Å²) in [7, 11) is 0. The highest BCUT2D eigenvalue weighted by Gasteiger charge is 2.56. The van der Waals surface area contributed by atoms with Crippen LogP contribution >= 0.6 is 35.3 Å². The Bertz CT molecular complexity index is 2880. The molecule has 0 saturated carbocycles. The molecule has 3 saturated heterocycles. The van der Waals surface area contributed by atoms with Gasteiger partial charge < -0.3 is 39.9 Å². The van der Waals surface area contributed by atoms with Crippen LogP contribution in [0.15, 0.2) is 69.6 Å². The Morgan fingerprint density at radius 1 is 0.554 bits per heavy atom. The number of rotatable bonds is 13. The van der Waals surface area contributed by atoms with Crippen LogP contribution in [0.5, 0.6) is 0 Å². The second kappa shape index (κ2) is 26.2. The number of aliphatic imine (C=N–C) groups is 3. The average Bonchev–Trinajstić information content (AvgIpc) is 2.70. The van der Waals surface area contributed by atoms with E-state index in [1.807, 2.05) is 48.5 Å². The van der Waals surface area contributed by atoms with Crippen molar-refractivity contribution in [2.45, 2.75) is 173 Å². The Balaban J connectivity index is 0.000000179. The highest BCUT2D eigenvalue weighted by atomic mass is 32.2. The number of carbonyl (C=O) groups is 3. The Kier molecular flexibility index (Phi) is 20.6. The lowest BCUT2D eigenvalue weighted by Crippen LogP contribution is -2.41. The van der Waals surface area contributed by atoms with Crippen LogP contribution in [0.1, 0.15) is 138 Å². The third-order valence-electron chi connectivity index (χ3n) is 14.9. The van der Waals surface area contributed by atoms with Crippen LogP contribution in [0.25, 0.3) is 0 Å². The van der Waals surface area contributed by atoms with E-state index in [2.05, 4.69) is 13.8 Å². The van der Waals surface area contributed by atoms with Crippen molar-refractivity contribution in [2.75, 3.05) is 48.5 Å². The summed E-state index contributed by atoms with van der Waals surface area (Å²) in [6, 6.07) is 12.6. The average molecular weight is 1210 g/mol. The summed E-state index contributed by atoms with van der Waals surface area (Å²) in [5.41, 5.74) is 9.18. The number of esters is 3. The van der Waals surface area contributed by atoms with Gasteiger partial charge in [-0.2, -0.15) is 0 Å². The number of carbonyl (C=O) groups excluding carboxylic acids is 3. The minimum atomic E-state index is -1.08. The summed E-state index contributed by atoms with van der Waals surface area (Å²) < 4.78 is 78.5. The number of nitro groups is 1. The van der Waals surface area contributed by atoms with Gasteiger partial charge in [-0.25, -0.2) is 13.2 Å². The number of nitrogens with zero attached hydrogens (tertiary/aromatic N) is 4. The van der Waals surface area contributed by atoms with Crippen molar-refractivity contribution in [1.29, 1.82) is 0 Å². The highest BCUT2D eigenvalue weighted by Crippen LogP contribution is 2.53. The number of thioether (sulfide) groups is 3. The standard InChI is InChI=1S/C20H25FN2O5S.2C20H27FN2O3S/c1-5-16-14-10-29-17(9-18(24)28-19(2,3)4)22-20(14,11-27-16)13-8-12(23(25)26)6-7-15(13)21;2*1-5-16-14-10-27-17(9-18(24)26-19(2,3)4)23-20(14,11-25-16)13-8-12(22)6-7-15(13)21/h6-8,14,16H,5,9-11H2,1-4H3;2*6-8,14,16H,5,9-11,22H2,1-4H3/t3*14-,16-,20-/m111/s1. The third-order valence-corrected chi connectivity index (χ3v) is 18.2. The molecule has 0 unspecified atom stereocenters. The number of hydrogen-bond donors (Lipinski definition) is 2. The van der Waals surface area contributed by atoms with Gasteiger partial charge >= 0.3 is 17.9 Å². The zero-order chi connectivity index (χ0) is 61.0. The van der Waals surface area contributed by atoms with Gasteiger partial charge in [0.05, 0.1) is 77.4 Å². The van der Waals surface area contributed by atoms with E-state index < -0.39 is 50.1 Å². The maximum atomic E-state index is 14.8. The lowest BCUT2D eigenvalue weighted by molar-refractivity contribution is -0.385. The molecule has 3 aromatic rings. The number of hydrogen-bond acceptors (Lipinski definition) is 19. The number of ether oxygens (including phenoxy) is 6. The summed E-state index contributed by atoms with van der Waals surface area (Å²) in [5, 5.41) is 13.1. The number of halogens is 3. The molecule has 0 bridgehead atoms. The van der Waals surface area contributed by atoms with Crippen molar-refractivity contribution in [3.63, 3.8) is 0 Å². The fourth-order valence-corrected chi connectivity index (χ4v) is 15.3. The zero-order valence-corrected chi connectivity index (χ0v) is 51.9. The van der Waals surface area contributed by atoms with Crippen LogP contribution in [0, 0.1) is 45.3 Å². The predicted molar refractivity (Wildman–Crippen MR) is 321 cm³/mol. The molecule has 6 aliphatic heterocycles. The Hall–Kier alpha value is -5.20. The van der Waals surface area contributed by atoms with E-state index in [4.69, 9.17) is 54.9 Å². The second-order valence-corrected chi connectivity index (χ2v) is 27.8. The number of nitro benzene ring substituents is 1. The van der Waals surface area contributed by atoms with Gasteiger partial charge in [0.15, 0.2) is 0 Å².